The molecule has 11 heteroatoms. The van der Waals surface area contributed by atoms with Crippen LogP contribution in [0.3, 0.4) is 0 Å². The molecule has 2 atom stereocenters. The van der Waals surface area contributed by atoms with Crippen molar-refractivity contribution in [1.82, 2.24) is 25.7 Å². The monoisotopic (exact) mass is 453 g/mol. The molecule has 3 saturated heterocycles. The van der Waals surface area contributed by atoms with Crippen LogP contribution < -0.4 is 10.9 Å². The van der Waals surface area contributed by atoms with E-state index in [1.54, 1.807) is 25.7 Å². The van der Waals surface area contributed by atoms with Gasteiger partial charge in [0.05, 0.1) is 12.6 Å². The Morgan fingerprint density at radius 3 is 2.47 bits per heavy atom. The number of amides is 5. The molecule has 11 nitrogen and oxygen atoms in total. The summed E-state index contributed by atoms with van der Waals surface area (Å²) in [5, 5.41) is 1.40. The van der Waals surface area contributed by atoms with Crippen LogP contribution in [0.4, 0.5) is 9.59 Å². The summed E-state index contributed by atoms with van der Waals surface area (Å²) in [5.41, 5.74) is 4.32. The van der Waals surface area contributed by atoms with E-state index in [0.29, 0.717) is 39.1 Å². The van der Waals surface area contributed by atoms with Gasteiger partial charge in [-0.15, -0.1) is 0 Å². The number of hydrogen-bond donors (Lipinski definition) is 2. The Balaban J connectivity index is 1.38. The Bertz CT molecular complexity index is 733. The second kappa shape index (κ2) is 9.93. The van der Waals surface area contributed by atoms with Crippen LogP contribution in [-0.4, -0.2) is 82.7 Å². The fourth-order valence-electron chi connectivity index (χ4n) is 4.08. The third kappa shape index (κ3) is 5.81. The van der Waals surface area contributed by atoms with Crippen LogP contribution in [0.15, 0.2) is 0 Å². The van der Waals surface area contributed by atoms with E-state index in [2.05, 4.69) is 10.9 Å². The molecule has 2 bridgehead atoms. The molecule has 32 heavy (non-hydrogen) atoms. The number of urea groups is 1. The lowest BCUT2D eigenvalue weighted by atomic mass is 9.96. The highest BCUT2D eigenvalue weighted by molar-refractivity contribution is 5.90. The third-order valence-electron chi connectivity index (χ3n) is 5.76. The first-order valence-corrected chi connectivity index (χ1v) is 11.4. The number of hydrazine groups is 1. The van der Waals surface area contributed by atoms with Gasteiger partial charge in [0.1, 0.15) is 11.6 Å². The van der Waals surface area contributed by atoms with Crippen molar-refractivity contribution in [1.29, 1.82) is 0 Å². The summed E-state index contributed by atoms with van der Waals surface area (Å²) in [6.45, 7) is 9.26. The first kappa shape index (κ1) is 24.1. The van der Waals surface area contributed by atoms with Gasteiger partial charge in [0.25, 0.3) is 5.91 Å². The molecule has 0 aromatic heterocycles. The minimum Gasteiger partial charge on any atom is -0.444 e. The van der Waals surface area contributed by atoms with Gasteiger partial charge < -0.3 is 14.5 Å². The van der Waals surface area contributed by atoms with Gasteiger partial charge in [-0.3, -0.25) is 25.3 Å². The number of carbonyl (C=O) groups excluding carboxylic acids is 4. The number of hydrogen-bond acceptors (Lipinski definition) is 6. The van der Waals surface area contributed by atoms with E-state index in [1.807, 2.05) is 6.92 Å². The molecule has 0 aliphatic carbocycles. The van der Waals surface area contributed by atoms with Crippen molar-refractivity contribution in [2.75, 3.05) is 26.2 Å². The van der Waals surface area contributed by atoms with Crippen LogP contribution in [-0.2, 0) is 19.2 Å². The van der Waals surface area contributed by atoms with E-state index in [1.165, 1.54) is 9.96 Å². The van der Waals surface area contributed by atoms with Crippen LogP contribution in [0, 0.1) is 5.92 Å². The van der Waals surface area contributed by atoms with E-state index < -0.39 is 17.6 Å². The first-order chi connectivity index (χ1) is 15.1. The number of hydroxylamine groups is 2. The molecule has 0 aromatic carbocycles. The summed E-state index contributed by atoms with van der Waals surface area (Å²) in [7, 11) is 0. The van der Waals surface area contributed by atoms with Crippen LogP contribution in [0.5, 0.6) is 0 Å². The van der Waals surface area contributed by atoms with Crippen LogP contribution in [0.1, 0.15) is 59.8 Å². The zero-order valence-electron chi connectivity index (χ0n) is 19.4. The molecule has 0 unspecified atom stereocenters. The number of nitrogens with zero attached hydrogens (tertiary/aromatic N) is 3. The molecule has 5 amide bonds. The van der Waals surface area contributed by atoms with Crippen LogP contribution >= 0.6 is 0 Å². The molecule has 3 aliphatic rings. The summed E-state index contributed by atoms with van der Waals surface area (Å²) in [5.74, 6) is -0.730. The molecule has 180 valence electrons. The summed E-state index contributed by atoms with van der Waals surface area (Å²) >= 11 is 0. The zero-order chi connectivity index (χ0) is 23.5. The number of nitrogens with one attached hydrogen (secondary N) is 2. The van der Waals surface area contributed by atoms with Crippen molar-refractivity contribution in [3.63, 3.8) is 0 Å². The van der Waals surface area contributed by atoms with Gasteiger partial charge in [0, 0.05) is 32.0 Å². The summed E-state index contributed by atoms with van der Waals surface area (Å²) in [6.07, 6.45) is 2.82. The maximum atomic E-state index is 12.6. The Morgan fingerprint density at radius 2 is 1.81 bits per heavy atom. The average Bonchev–Trinajstić information content (AvgIpc) is 2.92. The molecular formula is C21H35N5O6. The van der Waals surface area contributed by atoms with Gasteiger partial charge in [-0.05, 0) is 40.0 Å². The smallest absolute Gasteiger partial charge is 0.410 e. The summed E-state index contributed by atoms with van der Waals surface area (Å²) in [4.78, 5) is 58.0. The highest BCUT2D eigenvalue weighted by Gasteiger charge is 2.48. The second-order valence-electron chi connectivity index (χ2n) is 9.69. The van der Waals surface area contributed by atoms with E-state index in [-0.39, 0.29) is 36.4 Å². The van der Waals surface area contributed by atoms with Crippen molar-refractivity contribution >= 4 is 23.9 Å². The Kier molecular flexibility index (Phi) is 7.47. The van der Waals surface area contributed by atoms with Gasteiger partial charge >= 0.3 is 12.1 Å². The number of carbonyl (C=O) groups is 4. The van der Waals surface area contributed by atoms with Crippen molar-refractivity contribution in [3.05, 3.63) is 0 Å². The van der Waals surface area contributed by atoms with Crippen LogP contribution in [0.2, 0.25) is 0 Å². The molecule has 3 aliphatic heterocycles. The first-order valence-electron chi connectivity index (χ1n) is 11.4. The predicted octanol–water partition coefficient (Wildman–Crippen LogP) is 1.39. The molecule has 3 rings (SSSR count). The third-order valence-corrected chi connectivity index (χ3v) is 5.76. The number of ether oxygens (including phenoxy) is 1. The van der Waals surface area contributed by atoms with E-state index in [4.69, 9.17) is 9.57 Å². The highest BCUT2D eigenvalue weighted by atomic mass is 16.7. The minimum atomic E-state index is -0.634. The van der Waals surface area contributed by atoms with Crippen molar-refractivity contribution in [2.45, 2.75) is 77.5 Å². The SMILES string of the molecule is CCCCON1C(=O)N2C[C@@H]1CC[C@H]2C(=O)NNC(=O)CC1CN(C(=O)OC(C)(C)C)C1. The van der Waals surface area contributed by atoms with Crippen LogP contribution in [0.25, 0.3) is 0 Å². The molecule has 0 saturated carbocycles. The normalized spacial score (nSPS) is 23.1. The van der Waals surface area contributed by atoms with Gasteiger partial charge in [0.2, 0.25) is 5.91 Å². The number of unbranched alkanes of at least 4 members (excludes halogenated alkanes) is 1. The van der Waals surface area contributed by atoms with Crippen molar-refractivity contribution < 1.29 is 28.8 Å². The molecule has 3 heterocycles. The Hall–Kier alpha value is -2.56. The predicted molar refractivity (Wildman–Crippen MR) is 114 cm³/mol. The number of fused-ring (bicyclic) bond motifs is 2. The zero-order valence-corrected chi connectivity index (χ0v) is 19.4. The fourth-order valence-corrected chi connectivity index (χ4v) is 4.08. The molecule has 0 radical (unpaired) electrons. The quantitative estimate of drug-likeness (QED) is 0.444. The molecule has 2 N–H and O–H groups in total. The lowest BCUT2D eigenvalue weighted by Gasteiger charge is -2.39. The molecule has 3 fully saturated rings. The van der Waals surface area contributed by atoms with Gasteiger partial charge in [-0.1, -0.05) is 13.3 Å². The minimum absolute atomic E-state index is 0.0175. The molecule has 0 aromatic rings. The van der Waals surface area contributed by atoms with Gasteiger partial charge in [-0.25, -0.2) is 9.59 Å². The summed E-state index contributed by atoms with van der Waals surface area (Å²) < 4.78 is 5.29. The average molecular weight is 454 g/mol. The molecular weight excluding hydrogens is 418 g/mol. The maximum absolute atomic E-state index is 12.6. The standard InChI is InChI=1S/C21H35N5O6/c1-5-6-9-31-26-15-7-8-16(25(13-15)19(26)29)18(28)23-22-17(27)10-14-11-24(12-14)20(30)32-21(2,3)4/h14-16H,5-13H2,1-4H3,(H,22,27)(H,23,28)/t15-,16-/m0/s1. The van der Waals surface area contributed by atoms with Crippen molar-refractivity contribution in [2.24, 2.45) is 5.92 Å². The Morgan fingerprint density at radius 1 is 1.09 bits per heavy atom. The van der Waals surface area contributed by atoms with E-state index >= 15 is 0 Å². The largest absolute Gasteiger partial charge is 0.444 e. The lowest BCUT2D eigenvalue weighted by molar-refractivity contribution is -0.133. The maximum Gasteiger partial charge on any atom is 0.410 e. The Labute approximate surface area is 188 Å². The van der Waals surface area contributed by atoms with Gasteiger partial charge in [0.15, 0.2) is 0 Å². The van der Waals surface area contributed by atoms with Crippen molar-refractivity contribution in [3.8, 4) is 0 Å². The number of piperidine rings is 1. The van der Waals surface area contributed by atoms with E-state index in [9.17, 15) is 19.2 Å². The lowest BCUT2D eigenvalue weighted by Crippen LogP contribution is -2.56. The topological polar surface area (TPSA) is 121 Å². The number of rotatable bonds is 7. The summed E-state index contributed by atoms with van der Waals surface area (Å²) in [6, 6.07) is -0.971. The number of likely N-dealkylation sites (tertiary alicyclic amines) is 1. The van der Waals surface area contributed by atoms with E-state index in [0.717, 1.165) is 12.8 Å². The van der Waals surface area contributed by atoms with Gasteiger partial charge in [-0.2, -0.15) is 5.06 Å². The fraction of sp³-hybridized carbons (Fsp3) is 0.810. The molecule has 0 spiro atoms. The highest BCUT2D eigenvalue weighted by Crippen LogP contribution is 2.30. The second-order valence-corrected chi connectivity index (χ2v) is 9.69.